The molecule has 1 aliphatic carbocycles. The lowest BCUT2D eigenvalue weighted by molar-refractivity contribution is -0.120. The topological polar surface area (TPSA) is 72.7 Å². The first-order valence-corrected chi connectivity index (χ1v) is 9.50. The highest BCUT2D eigenvalue weighted by atomic mass is 19.1. The largest absolute Gasteiger partial charge is 0.355 e. The zero-order valence-corrected chi connectivity index (χ0v) is 15.5. The first-order valence-electron chi connectivity index (χ1n) is 9.50. The zero-order chi connectivity index (χ0) is 19.4. The molecule has 144 valence electrons. The Kier molecular flexibility index (Phi) is 5.14. The number of tetrazole rings is 1. The number of halogens is 1. The molecule has 0 radical (unpaired) electrons. The fourth-order valence-electron chi connectivity index (χ4n) is 3.98. The van der Waals surface area contributed by atoms with Gasteiger partial charge in [-0.05, 0) is 58.7 Å². The van der Waals surface area contributed by atoms with E-state index in [4.69, 9.17) is 0 Å². The molecule has 0 spiro atoms. The minimum Gasteiger partial charge on any atom is -0.355 e. The second kappa shape index (κ2) is 7.88. The number of aromatic nitrogens is 4. The highest BCUT2D eigenvalue weighted by molar-refractivity contribution is 5.78. The van der Waals surface area contributed by atoms with Crippen molar-refractivity contribution < 1.29 is 9.18 Å². The van der Waals surface area contributed by atoms with Crippen LogP contribution in [0.25, 0.3) is 5.69 Å². The monoisotopic (exact) mass is 379 g/mol. The number of carbonyl (C=O) groups excluding carboxylic acids is 1. The highest BCUT2D eigenvalue weighted by Crippen LogP contribution is 2.40. The van der Waals surface area contributed by atoms with Gasteiger partial charge in [-0.25, -0.2) is 9.07 Å². The van der Waals surface area contributed by atoms with Crippen molar-refractivity contribution >= 4 is 5.91 Å². The highest BCUT2D eigenvalue weighted by Gasteiger charge is 2.35. The average molecular weight is 379 g/mol. The van der Waals surface area contributed by atoms with Gasteiger partial charge in [0, 0.05) is 12.0 Å². The number of hydrogen-bond donors (Lipinski definition) is 1. The number of nitrogens with one attached hydrogen (secondary N) is 1. The fraction of sp³-hybridized carbons (Fsp3) is 0.333. The standard InChI is InChI=1S/C21H22FN5O/c22-18-7-5-17(6-8-18)21(11-1-2-12-21)14-23-20(28)13-16-3-9-19(10-4-16)27-15-24-25-26-27/h3-10,15H,1-2,11-14H2,(H,23,28). The lowest BCUT2D eigenvalue weighted by Crippen LogP contribution is -2.39. The number of benzene rings is 2. The van der Waals surface area contributed by atoms with E-state index >= 15 is 0 Å². The van der Waals surface area contributed by atoms with Crippen LogP contribution in [-0.2, 0) is 16.6 Å². The summed E-state index contributed by atoms with van der Waals surface area (Å²) in [6.45, 7) is 0.584. The van der Waals surface area contributed by atoms with Crippen molar-refractivity contribution in [2.45, 2.75) is 37.5 Å². The Balaban J connectivity index is 1.38. The van der Waals surface area contributed by atoms with Crippen LogP contribution in [0, 0.1) is 5.82 Å². The van der Waals surface area contributed by atoms with E-state index in [1.54, 1.807) is 4.68 Å². The maximum atomic E-state index is 13.3. The first kappa shape index (κ1) is 18.3. The third kappa shape index (κ3) is 3.93. The van der Waals surface area contributed by atoms with E-state index in [-0.39, 0.29) is 17.1 Å². The molecular formula is C21H22FN5O. The summed E-state index contributed by atoms with van der Waals surface area (Å²) in [5.41, 5.74) is 2.79. The van der Waals surface area contributed by atoms with Gasteiger partial charge in [0.05, 0.1) is 12.1 Å². The van der Waals surface area contributed by atoms with E-state index in [1.807, 2.05) is 36.4 Å². The molecule has 0 unspecified atom stereocenters. The van der Waals surface area contributed by atoms with Crippen LogP contribution in [0.4, 0.5) is 4.39 Å². The van der Waals surface area contributed by atoms with E-state index in [1.165, 1.54) is 18.5 Å². The Hall–Kier alpha value is -3.09. The summed E-state index contributed by atoms with van der Waals surface area (Å²) in [4.78, 5) is 12.5. The summed E-state index contributed by atoms with van der Waals surface area (Å²) in [5, 5.41) is 14.2. The van der Waals surface area contributed by atoms with E-state index in [2.05, 4.69) is 20.8 Å². The molecule has 3 aromatic rings. The first-order chi connectivity index (χ1) is 13.6. The number of hydrogen-bond acceptors (Lipinski definition) is 4. The maximum absolute atomic E-state index is 13.3. The van der Waals surface area contributed by atoms with Crippen LogP contribution in [0.3, 0.4) is 0 Å². The summed E-state index contributed by atoms with van der Waals surface area (Å²) in [5.74, 6) is -0.241. The Morgan fingerprint density at radius 3 is 2.43 bits per heavy atom. The molecule has 1 aliphatic rings. The second-order valence-corrected chi connectivity index (χ2v) is 7.37. The van der Waals surface area contributed by atoms with Crippen LogP contribution in [0.2, 0.25) is 0 Å². The summed E-state index contributed by atoms with van der Waals surface area (Å²) in [6, 6.07) is 14.3. The van der Waals surface area contributed by atoms with Gasteiger partial charge in [0.25, 0.3) is 0 Å². The van der Waals surface area contributed by atoms with Crippen molar-refractivity contribution in [1.82, 2.24) is 25.5 Å². The molecular weight excluding hydrogens is 357 g/mol. The Labute approximate surface area is 162 Å². The maximum Gasteiger partial charge on any atom is 0.224 e. The summed E-state index contributed by atoms with van der Waals surface area (Å²) in [6.07, 6.45) is 6.13. The molecule has 7 heteroatoms. The van der Waals surface area contributed by atoms with E-state index in [0.717, 1.165) is 42.5 Å². The quantitative estimate of drug-likeness (QED) is 0.715. The summed E-state index contributed by atoms with van der Waals surface area (Å²) >= 11 is 0. The third-order valence-corrected chi connectivity index (χ3v) is 5.56. The van der Waals surface area contributed by atoms with Crippen molar-refractivity contribution in [2.75, 3.05) is 6.54 Å². The van der Waals surface area contributed by atoms with Crippen molar-refractivity contribution in [2.24, 2.45) is 0 Å². The van der Waals surface area contributed by atoms with Gasteiger partial charge < -0.3 is 5.32 Å². The lowest BCUT2D eigenvalue weighted by atomic mass is 9.78. The van der Waals surface area contributed by atoms with Gasteiger partial charge in [0.15, 0.2) is 0 Å². The van der Waals surface area contributed by atoms with Gasteiger partial charge in [0.2, 0.25) is 5.91 Å². The van der Waals surface area contributed by atoms with Crippen LogP contribution in [-0.4, -0.2) is 32.7 Å². The van der Waals surface area contributed by atoms with Crippen molar-refractivity contribution in [3.63, 3.8) is 0 Å². The molecule has 0 bridgehead atoms. The smallest absolute Gasteiger partial charge is 0.224 e. The van der Waals surface area contributed by atoms with E-state index in [9.17, 15) is 9.18 Å². The molecule has 1 saturated carbocycles. The number of carbonyl (C=O) groups is 1. The summed E-state index contributed by atoms with van der Waals surface area (Å²) in [7, 11) is 0. The van der Waals surface area contributed by atoms with Crippen molar-refractivity contribution in [1.29, 1.82) is 0 Å². The minimum atomic E-state index is -0.231. The molecule has 0 saturated heterocycles. The number of nitrogens with zero attached hydrogens (tertiary/aromatic N) is 4. The molecule has 28 heavy (non-hydrogen) atoms. The zero-order valence-electron chi connectivity index (χ0n) is 15.5. The number of amides is 1. The van der Waals surface area contributed by atoms with Crippen LogP contribution < -0.4 is 5.32 Å². The van der Waals surface area contributed by atoms with Gasteiger partial charge in [-0.15, -0.1) is 5.10 Å². The molecule has 1 N–H and O–H groups in total. The van der Waals surface area contributed by atoms with E-state index < -0.39 is 0 Å². The molecule has 2 aromatic carbocycles. The van der Waals surface area contributed by atoms with Gasteiger partial charge in [-0.1, -0.05) is 37.1 Å². The van der Waals surface area contributed by atoms with Gasteiger partial charge in [-0.2, -0.15) is 0 Å². The molecule has 1 fully saturated rings. The Bertz CT molecular complexity index is 916. The minimum absolute atomic E-state index is 0.0106. The molecule has 6 nitrogen and oxygen atoms in total. The van der Waals surface area contributed by atoms with E-state index in [0.29, 0.717) is 13.0 Å². The summed E-state index contributed by atoms with van der Waals surface area (Å²) < 4.78 is 14.9. The van der Waals surface area contributed by atoms with Gasteiger partial charge in [-0.3, -0.25) is 4.79 Å². The van der Waals surface area contributed by atoms with Crippen LogP contribution in [0.1, 0.15) is 36.8 Å². The normalized spacial score (nSPS) is 15.5. The predicted molar refractivity (Wildman–Crippen MR) is 102 cm³/mol. The molecule has 1 aromatic heterocycles. The molecule has 0 aliphatic heterocycles. The fourth-order valence-corrected chi connectivity index (χ4v) is 3.98. The lowest BCUT2D eigenvalue weighted by Gasteiger charge is -2.30. The van der Waals surface area contributed by atoms with Gasteiger partial charge in [0.1, 0.15) is 12.1 Å². The Morgan fingerprint density at radius 1 is 1.07 bits per heavy atom. The predicted octanol–water partition coefficient (Wildman–Crippen LogP) is 2.97. The SMILES string of the molecule is O=C(Cc1ccc(-n2cnnn2)cc1)NCC1(c2ccc(F)cc2)CCCC1. The molecule has 1 amide bonds. The van der Waals surface area contributed by atoms with Crippen molar-refractivity contribution in [3.8, 4) is 5.69 Å². The number of rotatable bonds is 6. The molecule has 1 heterocycles. The van der Waals surface area contributed by atoms with Crippen LogP contribution >= 0.6 is 0 Å². The van der Waals surface area contributed by atoms with Crippen molar-refractivity contribution in [3.05, 3.63) is 71.8 Å². The Morgan fingerprint density at radius 2 is 1.79 bits per heavy atom. The molecule has 4 rings (SSSR count). The van der Waals surface area contributed by atoms with Crippen LogP contribution in [0.5, 0.6) is 0 Å². The average Bonchev–Trinajstić information content (AvgIpc) is 3.41. The second-order valence-electron chi connectivity index (χ2n) is 7.37. The molecule has 0 atom stereocenters. The third-order valence-electron chi connectivity index (χ3n) is 5.56. The van der Waals surface area contributed by atoms with Gasteiger partial charge >= 0.3 is 0 Å². The van der Waals surface area contributed by atoms with Crippen LogP contribution in [0.15, 0.2) is 54.9 Å².